The predicted octanol–water partition coefficient (Wildman–Crippen LogP) is 4.17. The van der Waals surface area contributed by atoms with E-state index >= 15 is 0 Å². The molecule has 7 nitrogen and oxygen atoms in total. The van der Waals surface area contributed by atoms with Crippen LogP contribution >= 0.6 is 7.60 Å². The average molecular weight is 444 g/mol. The second-order valence-electron chi connectivity index (χ2n) is 7.13. The van der Waals surface area contributed by atoms with Crippen LogP contribution in [-0.2, 0) is 29.1 Å². The molecule has 1 aliphatic rings. The standard InChI is InChI=1S/C20H30NO6PS/c1-6-26-28(22,27-7-2)17(4)20(5)16(3)21(14-10-11-15-29(23,24)25)19-13-9-8-12-18(19)20/h8-9,12-13H,4,6-7,10-11,14-15H2,1-3,5H3. The largest absolute Gasteiger partial charge is 0.748 e. The van der Waals surface area contributed by atoms with Gasteiger partial charge in [0.05, 0.1) is 28.6 Å². The van der Waals surface area contributed by atoms with Crippen LogP contribution in [0.2, 0.25) is 0 Å². The van der Waals surface area contributed by atoms with E-state index in [2.05, 4.69) is 11.2 Å². The molecule has 0 spiro atoms. The van der Waals surface area contributed by atoms with Gasteiger partial charge in [0.15, 0.2) is 5.71 Å². The molecule has 0 fully saturated rings. The van der Waals surface area contributed by atoms with Crippen molar-refractivity contribution in [3.8, 4) is 0 Å². The summed E-state index contributed by atoms with van der Waals surface area (Å²) in [7, 11) is -7.78. The molecule has 1 heterocycles. The van der Waals surface area contributed by atoms with Crippen LogP contribution in [0.3, 0.4) is 0 Å². The number of para-hydroxylation sites is 1. The monoisotopic (exact) mass is 443 g/mol. The lowest BCUT2D eigenvalue weighted by Gasteiger charge is -2.30. The third-order valence-corrected chi connectivity index (χ3v) is 8.49. The second kappa shape index (κ2) is 9.23. The number of fused-ring (bicyclic) bond motifs is 1. The highest BCUT2D eigenvalue weighted by Gasteiger charge is 2.54. The van der Waals surface area contributed by atoms with E-state index in [4.69, 9.17) is 9.05 Å². The van der Waals surface area contributed by atoms with E-state index in [1.807, 2.05) is 38.1 Å². The van der Waals surface area contributed by atoms with Gasteiger partial charge >= 0.3 is 7.60 Å². The first-order chi connectivity index (χ1) is 13.5. The minimum Gasteiger partial charge on any atom is -0.748 e. The lowest BCUT2D eigenvalue weighted by atomic mass is 9.80. The maximum Gasteiger partial charge on any atom is 0.358 e. The fraction of sp³-hybridized carbons (Fsp3) is 0.550. The third kappa shape index (κ3) is 4.89. The molecule has 1 aromatic rings. The minimum absolute atomic E-state index is 0.237. The van der Waals surface area contributed by atoms with Crippen molar-refractivity contribution >= 4 is 29.1 Å². The summed E-state index contributed by atoms with van der Waals surface area (Å²) in [5, 5.41) is 0.378. The van der Waals surface area contributed by atoms with Gasteiger partial charge in [0.1, 0.15) is 12.0 Å². The van der Waals surface area contributed by atoms with Crippen LogP contribution < -0.4 is 0 Å². The van der Waals surface area contributed by atoms with Gasteiger partial charge in [-0.1, -0.05) is 24.8 Å². The predicted molar refractivity (Wildman–Crippen MR) is 113 cm³/mol. The fourth-order valence-electron chi connectivity index (χ4n) is 3.79. The van der Waals surface area contributed by atoms with E-state index in [0.717, 1.165) is 17.0 Å². The molecule has 0 aliphatic carbocycles. The Morgan fingerprint density at radius 2 is 1.79 bits per heavy atom. The van der Waals surface area contributed by atoms with Crippen molar-refractivity contribution in [1.29, 1.82) is 0 Å². The third-order valence-electron chi connectivity index (χ3n) is 5.39. The van der Waals surface area contributed by atoms with Crippen LogP contribution in [0.5, 0.6) is 0 Å². The van der Waals surface area contributed by atoms with Crippen molar-refractivity contribution in [2.75, 3.05) is 25.5 Å². The molecule has 1 aromatic carbocycles. The van der Waals surface area contributed by atoms with Crippen molar-refractivity contribution in [3.63, 3.8) is 0 Å². The molecule has 2 rings (SSSR count). The second-order valence-corrected chi connectivity index (χ2v) is 10.7. The van der Waals surface area contributed by atoms with Crippen LogP contribution in [0, 0.1) is 0 Å². The van der Waals surface area contributed by atoms with Crippen molar-refractivity contribution in [1.82, 2.24) is 0 Å². The summed E-state index contributed by atoms with van der Waals surface area (Å²) in [4.78, 5) is 0. The lowest BCUT2D eigenvalue weighted by Crippen LogP contribution is -2.33. The molecule has 162 valence electrons. The molecule has 0 aromatic heterocycles. The Balaban J connectivity index is 2.44. The quantitative estimate of drug-likeness (QED) is 0.220. The number of nitrogens with zero attached hydrogens (tertiary/aromatic N) is 1. The van der Waals surface area contributed by atoms with Crippen LogP contribution in [0.15, 0.2) is 36.2 Å². The number of hydrogen-bond acceptors (Lipinski definition) is 6. The smallest absolute Gasteiger partial charge is 0.358 e. The first-order valence-corrected chi connectivity index (χ1v) is 12.9. The van der Waals surface area contributed by atoms with Gasteiger partial charge in [-0.15, -0.1) is 0 Å². The van der Waals surface area contributed by atoms with Gasteiger partial charge in [0.2, 0.25) is 5.69 Å². The van der Waals surface area contributed by atoms with Crippen molar-refractivity contribution in [3.05, 3.63) is 41.7 Å². The Morgan fingerprint density at radius 3 is 2.34 bits per heavy atom. The summed E-state index contributed by atoms with van der Waals surface area (Å²) in [5.74, 6) is -0.380. The maximum atomic E-state index is 13.5. The zero-order chi connectivity index (χ0) is 21.9. The van der Waals surface area contributed by atoms with E-state index in [1.165, 1.54) is 0 Å². The summed E-state index contributed by atoms with van der Waals surface area (Å²) in [6, 6.07) is 7.76. The molecule has 0 amide bonds. The minimum atomic E-state index is -4.22. The van der Waals surface area contributed by atoms with Crippen LogP contribution in [0.25, 0.3) is 0 Å². The van der Waals surface area contributed by atoms with Gasteiger partial charge < -0.3 is 13.6 Å². The van der Waals surface area contributed by atoms with E-state index in [1.54, 1.807) is 13.8 Å². The summed E-state index contributed by atoms with van der Waals surface area (Å²) < 4.78 is 59.2. The number of allylic oxidation sites excluding steroid dienone is 1. The number of benzene rings is 1. The molecule has 0 radical (unpaired) electrons. The lowest BCUT2D eigenvalue weighted by molar-refractivity contribution is -0.439. The van der Waals surface area contributed by atoms with Gasteiger partial charge in [0.25, 0.3) is 0 Å². The molecule has 0 N–H and O–H groups in total. The van der Waals surface area contributed by atoms with E-state index < -0.39 is 23.1 Å². The molecular formula is C20H30NO6PS. The molecule has 0 saturated carbocycles. The summed E-state index contributed by atoms with van der Waals surface area (Å²) >= 11 is 0. The first-order valence-electron chi connectivity index (χ1n) is 9.75. The molecule has 1 aliphatic heterocycles. The number of rotatable bonds is 11. The Hall–Kier alpha value is -1.31. The topological polar surface area (TPSA) is 95.7 Å². The van der Waals surface area contributed by atoms with E-state index in [9.17, 15) is 17.5 Å². The van der Waals surface area contributed by atoms with Crippen molar-refractivity contribution in [2.24, 2.45) is 0 Å². The van der Waals surface area contributed by atoms with Crippen molar-refractivity contribution < 1.29 is 31.2 Å². The highest BCUT2D eigenvalue weighted by molar-refractivity contribution is 7.85. The SMILES string of the molecule is C=C(C1(C)C(C)=[N+](CCCCS(=O)(=O)[O-])c2ccccc21)P(=O)(OCC)OCC. The summed E-state index contributed by atoms with van der Waals surface area (Å²) in [6.07, 6.45) is 0.816. The fourth-order valence-corrected chi connectivity index (χ4v) is 6.24. The zero-order valence-electron chi connectivity index (χ0n) is 17.5. The van der Waals surface area contributed by atoms with Gasteiger partial charge in [-0.05, 0) is 27.2 Å². The Kier molecular flexibility index (Phi) is 7.63. The van der Waals surface area contributed by atoms with E-state index in [0.29, 0.717) is 18.3 Å². The van der Waals surface area contributed by atoms with Crippen LogP contribution in [0.4, 0.5) is 5.69 Å². The van der Waals surface area contributed by atoms with Gasteiger partial charge in [-0.3, -0.25) is 4.57 Å². The molecule has 0 bridgehead atoms. The highest BCUT2D eigenvalue weighted by atomic mass is 32.2. The highest BCUT2D eigenvalue weighted by Crippen LogP contribution is 2.63. The average Bonchev–Trinajstić information content (AvgIpc) is 2.87. The summed E-state index contributed by atoms with van der Waals surface area (Å²) in [6.45, 7) is 12.6. The summed E-state index contributed by atoms with van der Waals surface area (Å²) in [5.41, 5.74) is 2.03. The maximum absolute atomic E-state index is 13.5. The Bertz CT molecular complexity index is 945. The molecule has 0 saturated heterocycles. The van der Waals surface area contributed by atoms with Gasteiger partial charge in [-0.2, -0.15) is 4.58 Å². The Labute approximate surface area is 173 Å². The first kappa shape index (κ1) is 24.0. The molecule has 9 heteroatoms. The zero-order valence-corrected chi connectivity index (χ0v) is 19.2. The van der Waals surface area contributed by atoms with E-state index in [-0.39, 0.29) is 25.4 Å². The molecule has 1 unspecified atom stereocenters. The van der Waals surface area contributed by atoms with Gasteiger partial charge in [-0.25, -0.2) is 8.42 Å². The molecule has 29 heavy (non-hydrogen) atoms. The Morgan fingerprint density at radius 1 is 1.21 bits per heavy atom. The van der Waals surface area contributed by atoms with Crippen LogP contribution in [-0.4, -0.2) is 48.8 Å². The van der Waals surface area contributed by atoms with Crippen LogP contribution in [0.1, 0.15) is 46.1 Å². The normalized spacial score (nSPS) is 19.5. The van der Waals surface area contributed by atoms with Gasteiger partial charge in [0, 0.05) is 30.7 Å². The molecule has 1 atom stereocenters. The molecular weight excluding hydrogens is 413 g/mol. The van der Waals surface area contributed by atoms with Crippen molar-refractivity contribution in [2.45, 2.75) is 46.0 Å². The number of unbranched alkanes of at least 4 members (excludes halogenated alkanes) is 1. The number of hydrogen-bond donors (Lipinski definition) is 0.